The highest BCUT2D eigenvalue weighted by Crippen LogP contribution is 2.36. The van der Waals surface area contributed by atoms with Gasteiger partial charge in [-0.15, -0.1) is 15.3 Å². The summed E-state index contributed by atoms with van der Waals surface area (Å²) >= 11 is 0. The van der Waals surface area contributed by atoms with Crippen molar-refractivity contribution in [3.8, 4) is 11.6 Å². The Hall–Kier alpha value is -3.16. The van der Waals surface area contributed by atoms with Crippen LogP contribution < -0.4 is 9.47 Å². The lowest BCUT2D eigenvalue weighted by atomic mass is 10.0. The van der Waals surface area contributed by atoms with E-state index in [-0.39, 0.29) is 18.6 Å². The van der Waals surface area contributed by atoms with Crippen molar-refractivity contribution in [2.24, 2.45) is 0 Å². The molecule has 4 rings (SSSR count). The number of ether oxygens (including phenoxy) is 2. The van der Waals surface area contributed by atoms with Crippen LogP contribution in [0.5, 0.6) is 11.6 Å². The van der Waals surface area contributed by atoms with E-state index in [1.54, 1.807) is 19.2 Å². The smallest absolute Gasteiger partial charge is 0.261 e. The first-order valence-corrected chi connectivity index (χ1v) is 8.48. The van der Waals surface area contributed by atoms with Crippen LogP contribution in [0.25, 0.3) is 5.65 Å². The Morgan fingerprint density at radius 1 is 1.27 bits per heavy atom. The number of aromatic nitrogens is 4. The SMILES string of the molecule is COc1ccccc1[C@@H]1CCCN1C(=O)COc1ccc2nncn2n1. The maximum absolute atomic E-state index is 12.7. The van der Waals surface area contributed by atoms with Crippen molar-refractivity contribution in [2.45, 2.75) is 18.9 Å². The molecule has 0 unspecified atom stereocenters. The van der Waals surface area contributed by atoms with E-state index < -0.39 is 0 Å². The number of nitrogens with zero attached hydrogens (tertiary/aromatic N) is 5. The molecule has 26 heavy (non-hydrogen) atoms. The van der Waals surface area contributed by atoms with Crippen LogP contribution >= 0.6 is 0 Å². The molecule has 0 bridgehead atoms. The summed E-state index contributed by atoms with van der Waals surface area (Å²) in [6, 6.07) is 11.3. The second-order valence-corrected chi connectivity index (χ2v) is 6.08. The minimum atomic E-state index is -0.0657. The van der Waals surface area contributed by atoms with Gasteiger partial charge in [0.2, 0.25) is 5.88 Å². The van der Waals surface area contributed by atoms with Crippen LogP contribution in [0.4, 0.5) is 0 Å². The molecule has 1 aromatic carbocycles. The van der Waals surface area contributed by atoms with Crippen LogP contribution in [0.1, 0.15) is 24.4 Å². The fourth-order valence-corrected chi connectivity index (χ4v) is 3.34. The van der Waals surface area contributed by atoms with E-state index in [4.69, 9.17) is 9.47 Å². The molecule has 0 aliphatic carbocycles. The minimum Gasteiger partial charge on any atom is -0.496 e. The molecule has 1 fully saturated rings. The summed E-state index contributed by atoms with van der Waals surface area (Å²) in [6.45, 7) is 0.648. The van der Waals surface area contributed by atoms with Gasteiger partial charge in [0.1, 0.15) is 12.1 Å². The van der Waals surface area contributed by atoms with Crippen molar-refractivity contribution in [1.82, 2.24) is 24.7 Å². The first-order valence-electron chi connectivity index (χ1n) is 8.48. The fraction of sp³-hybridized carbons (Fsp3) is 0.333. The van der Waals surface area contributed by atoms with Gasteiger partial charge in [0, 0.05) is 18.2 Å². The molecule has 1 aliphatic rings. The predicted molar refractivity (Wildman–Crippen MR) is 93.0 cm³/mol. The summed E-state index contributed by atoms with van der Waals surface area (Å²) in [5.41, 5.74) is 1.66. The van der Waals surface area contributed by atoms with Crippen LogP contribution in [0.15, 0.2) is 42.7 Å². The largest absolute Gasteiger partial charge is 0.496 e. The van der Waals surface area contributed by atoms with E-state index in [2.05, 4.69) is 15.3 Å². The number of benzene rings is 1. The number of hydrogen-bond acceptors (Lipinski definition) is 6. The Morgan fingerprint density at radius 2 is 2.15 bits per heavy atom. The summed E-state index contributed by atoms with van der Waals surface area (Å²) < 4.78 is 12.6. The highest BCUT2D eigenvalue weighted by Gasteiger charge is 2.31. The Labute approximate surface area is 150 Å². The number of methoxy groups -OCH3 is 1. The Balaban J connectivity index is 1.46. The van der Waals surface area contributed by atoms with E-state index in [0.717, 1.165) is 24.2 Å². The summed E-state index contributed by atoms with van der Waals surface area (Å²) in [7, 11) is 1.65. The first-order chi connectivity index (χ1) is 12.8. The monoisotopic (exact) mass is 353 g/mol. The number of hydrogen-bond donors (Lipinski definition) is 0. The minimum absolute atomic E-state index is 0.00976. The van der Waals surface area contributed by atoms with Gasteiger partial charge in [0.05, 0.1) is 13.2 Å². The summed E-state index contributed by atoms with van der Waals surface area (Å²) in [4.78, 5) is 14.6. The van der Waals surface area contributed by atoms with Gasteiger partial charge in [-0.1, -0.05) is 18.2 Å². The molecule has 8 nitrogen and oxygen atoms in total. The fourth-order valence-electron chi connectivity index (χ4n) is 3.34. The lowest BCUT2D eigenvalue weighted by Crippen LogP contribution is -2.34. The predicted octanol–water partition coefficient (Wildman–Crippen LogP) is 1.88. The third-order valence-electron chi connectivity index (χ3n) is 4.55. The number of amides is 1. The van der Waals surface area contributed by atoms with Crippen LogP contribution in [-0.4, -0.2) is 50.9 Å². The standard InChI is InChI=1S/C18H19N5O3/c1-25-15-7-3-2-5-13(15)14-6-4-10-22(14)18(24)11-26-17-9-8-16-20-19-12-23(16)21-17/h2-3,5,7-9,12,14H,4,6,10-11H2,1H3/t14-/m0/s1. The molecule has 3 heterocycles. The number of likely N-dealkylation sites (tertiary alicyclic amines) is 1. The van der Waals surface area contributed by atoms with Crippen molar-refractivity contribution in [3.05, 3.63) is 48.3 Å². The Morgan fingerprint density at radius 3 is 3.04 bits per heavy atom. The molecular formula is C18H19N5O3. The van der Waals surface area contributed by atoms with Crippen molar-refractivity contribution in [2.75, 3.05) is 20.3 Å². The van der Waals surface area contributed by atoms with Crippen molar-refractivity contribution in [3.63, 3.8) is 0 Å². The van der Waals surface area contributed by atoms with Crippen molar-refractivity contribution in [1.29, 1.82) is 0 Å². The molecule has 0 N–H and O–H groups in total. The third-order valence-corrected chi connectivity index (χ3v) is 4.55. The van der Waals surface area contributed by atoms with E-state index in [0.29, 0.717) is 18.1 Å². The topological polar surface area (TPSA) is 81.8 Å². The van der Waals surface area contributed by atoms with Gasteiger partial charge in [0.15, 0.2) is 12.3 Å². The first kappa shape index (κ1) is 16.3. The molecule has 8 heteroatoms. The molecule has 1 aliphatic heterocycles. The van der Waals surface area contributed by atoms with Crippen LogP contribution in [0.2, 0.25) is 0 Å². The van der Waals surface area contributed by atoms with Crippen LogP contribution in [0, 0.1) is 0 Å². The Bertz CT molecular complexity index is 926. The average molecular weight is 353 g/mol. The number of para-hydroxylation sites is 1. The van der Waals surface area contributed by atoms with Gasteiger partial charge in [-0.05, 0) is 25.0 Å². The normalized spacial score (nSPS) is 16.8. The Kier molecular flexibility index (Phi) is 4.39. The molecule has 0 radical (unpaired) electrons. The lowest BCUT2D eigenvalue weighted by molar-refractivity contribution is -0.134. The second kappa shape index (κ2) is 6.99. The highest BCUT2D eigenvalue weighted by molar-refractivity contribution is 5.78. The van der Waals surface area contributed by atoms with E-state index in [1.165, 1.54) is 10.8 Å². The maximum atomic E-state index is 12.7. The molecule has 3 aromatic rings. The molecular weight excluding hydrogens is 334 g/mol. The van der Waals surface area contributed by atoms with Gasteiger partial charge in [-0.2, -0.15) is 4.52 Å². The van der Waals surface area contributed by atoms with Crippen LogP contribution in [-0.2, 0) is 4.79 Å². The quantitative estimate of drug-likeness (QED) is 0.696. The number of rotatable bonds is 5. The van der Waals surface area contributed by atoms with E-state index in [1.807, 2.05) is 29.2 Å². The van der Waals surface area contributed by atoms with Gasteiger partial charge in [0.25, 0.3) is 5.91 Å². The van der Waals surface area contributed by atoms with Gasteiger partial charge in [-0.3, -0.25) is 4.79 Å². The van der Waals surface area contributed by atoms with E-state index >= 15 is 0 Å². The zero-order valence-electron chi connectivity index (χ0n) is 14.4. The van der Waals surface area contributed by atoms with Gasteiger partial charge < -0.3 is 14.4 Å². The van der Waals surface area contributed by atoms with Crippen molar-refractivity contribution >= 4 is 11.6 Å². The average Bonchev–Trinajstić information content (AvgIpc) is 3.34. The summed E-state index contributed by atoms with van der Waals surface area (Å²) in [6.07, 6.45) is 3.36. The molecule has 0 spiro atoms. The number of fused-ring (bicyclic) bond motifs is 1. The highest BCUT2D eigenvalue weighted by atomic mass is 16.5. The maximum Gasteiger partial charge on any atom is 0.261 e. The van der Waals surface area contributed by atoms with Crippen LogP contribution in [0.3, 0.4) is 0 Å². The third kappa shape index (κ3) is 3.05. The molecule has 1 saturated heterocycles. The number of carbonyl (C=O) groups is 1. The molecule has 134 valence electrons. The summed E-state index contributed by atoms with van der Waals surface area (Å²) in [5, 5.41) is 11.9. The molecule has 1 amide bonds. The van der Waals surface area contributed by atoms with Gasteiger partial charge >= 0.3 is 0 Å². The van der Waals surface area contributed by atoms with Gasteiger partial charge in [-0.25, -0.2) is 0 Å². The lowest BCUT2D eigenvalue weighted by Gasteiger charge is -2.26. The zero-order chi connectivity index (χ0) is 17.9. The molecule has 2 aromatic heterocycles. The summed E-state index contributed by atoms with van der Waals surface area (Å²) in [5.74, 6) is 1.10. The molecule has 1 atom stereocenters. The second-order valence-electron chi connectivity index (χ2n) is 6.08. The zero-order valence-corrected chi connectivity index (χ0v) is 14.4. The van der Waals surface area contributed by atoms with E-state index in [9.17, 15) is 4.79 Å². The van der Waals surface area contributed by atoms with Crippen molar-refractivity contribution < 1.29 is 14.3 Å². The number of carbonyl (C=O) groups excluding carboxylic acids is 1. The molecule has 0 saturated carbocycles.